The molecule has 0 N–H and O–H groups in total. The van der Waals surface area contributed by atoms with Gasteiger partial charge in [0.15, 0.2) is 6.29 Å². The summed E-state index contributed by atoms with van der Waals surface area (Å²) in [5.41, 5.74) is 0. The molecule has 0 rings (SSSR count). The van der Waals surface area contributed by atoms with Crippen molar-refractivity contribution in [2.24, 2.45) is 0 Å². The monoisotopic (exact) mass is 636 g/mol. The van der Waals surface area contributed by atoms with Gasteiger partial charge in [-0.15, -0.1) is 0 Å². The molecule has 0 amide bonds. The van der Waals surface area contributed by atoms with Gasteiger partial charge in [-0.3, -0.25) is 9.09 Å². The van der Waals surface area contributed by atoms with E-state index in [1.807, 2.05) is 0 Å². The Kier molecular flexibility index (Phi) is 30.6. The zero-order chi connectivity index (χ0) is 31.9. The molecule has 0 saturated heterocycles. The lowest BCUT2D eigenvalue weighted by Crippen LogP contribution is -2.35. The Balaban J connectivity index is 3.52. The van der Waals surface area contributed by atoms with Crippen LogP contribution in [0.25, 0.3) is 0 Å². The van der Waals surface area contributed by atoms with Crippen LogP contribution in [0.1, 0.15) is 167 Å². The van der Waals surface area contributed by atoms with Crippen LogP contribution in [0.3, 0.4) is 0 Å². The molecule has 0 aromatic rings. The molecule has 8 heteroatoms. The van der Waals surface area contributed by atoms with Gasteiger partial charge in [-0.25, -0.2) is 0 Å². The molecule has 2 atom stereocenters. The summed E-state index contributed by atoms with van der Waals surface area (Å²) in [6.45, 7) is 4.77. The minimum absolute atomic E-state index is 0.163. The van der Waals surface area contributed by atoms with Crippen LogP contribution in [0.5, 0.6) is 0 Å². The molecule has 0 saturated carbocycles. The number of phosphoric acid groups is 1. The van der Waals surface area contributed by atoms with Crippen LogP contribution < -0.4 is 4.89 Å². The highest BCUT2D eigenvalue weighted by molar-refractivity contribution is 7.45. The number of quaternary nitrogens is 1. The molecule has 0 bridgehead atoms. The largest absolute Gasteiger partial charge is 0.756 e. The van der Waals surface area contributed by atoms with Crippen LogP contribution in [-0.4, -0.2) is 65.4 Å². The van der Waals surface area contributed by atoms with Crippen LogP contribution >= 0.6 is 7.82 Å². The summed E-state index contributed by atoms with van der Waals surface area (Å²) in [7, 11) is 3.78. The summed E-state index contributed by atoms with van der Waals surface area (Å²) >= 11 is 0. The van der Waals surface area contributed by atoms with Gasteiger partial charge in [0.05, 0.1) is 40.9 Å². The summed E-state index contributed by atoms with van der Waals surface area (Å²) in [5, 5.41) is 0. The molecule has 0 spiro atoms. The summed E-state index contributed by atoms with van der Waals surface area (Å²) in [4.78, 5) is 12.2. The van der Waals surface area contributed by atoms with Gasteiger partial charge in [-0.05, 0) is 25.7 Å². The number of ether oxygens (including phenoxy) is 2. The smallest absolute Gasteiger partial charge is 0.270 e. The topological polar surface area (TPSA) is 77.1 Å². The lowest BCUT2D eigenvalue weighted by atomic mass is 10.0. The zero-order valence-corrected chi connectivity index (χ0v) is 30.3. The lowest BCUT2D eigenvalue weighted by Gasteiger charge is -2.27. The standard InChI is InChI=1S/C35H74NO6P/c1-6-7-8-9-10-11-12-13-14-15-16-17-19-22-25-28-32-40-34-30-35(39-5)42-43(37,38)41-33-29-26-23-20-18-21-24-27-31-36(2,3)4/h35H,6-34H2,1-5H3. The Morgan fingerprint density at radius 2 is 0.977 bits per heavy atom. The SMILES string of the molecule is CCCCCCCCCCCCCCCCCCOCCC(OC)OP(=O)([O-])OCCCCCCCCCC[N+](C)(C)C. The van der Waals surface area contributed by atoms with E-state index in [1.54, 1.807) is 0 Å². The second-order valence-electron chi connectivity index (χ2n) is 13.6. The van der Waals surface area contributed by atoms with Crippen LogP contribution in [0.2, 0.25) is 0 Å². The highest BCUT2D eigenvalue weighted by Crippen LogP contribution is 2.40. The van der Waals surface area contributed by atoms with Gasteiger partial charge >= 0.3 is 0 Å². The Bertz CT molecular complexity index is 616. The average Bonchev–Trinajstić information content (AvgIpc) is 2.95. The van der Waals surface area contributed by atoms with Gasteiger partial charge in [0.2, 0.25) is 0 Å². The maximum absolute atomic E-state index is 12.2. The average molecular weight is 636 g/mol. The Hall–Kier alpha value is -0.0100. The number of nitrogens with zero attached hydrogens (tertiary/aromatic N) is 1. The molecular formula is C35H74NO6P. The molecule has 0 radical (unpaired) electrons. The molecule has 0 aromatic carbocycles. The van der Waals surface area contributed by atoms with Crippen molar-refractivity contribution in [2.45, 2.75) is 174 Å². The fraction of sp³-hybridized carbons (Fsp3) is 1.00. The second-order valence-corrected chi connectivity index (χ2v) is 15.0. The molecular weight excluding hydrogens is 561 g/mol. The quantitative estimate of drug-likeness (QED) is 0.0299. The number of hydrogen-bond donors (Lipinski definition) is 0. The molecule has 0 aliphatic carbocycles. The van der Waals surface area contributed by atoms with E-state index in [1.165, 1.54) is 142 Å². The first kappa shape index (κ1) is 43.0. The van der Waals surface area contributed by atoms with E-state index in [2.05, 4.69) is 28.1 Å². The lowest BCUT2D eigenvalue weighted by molar-refractivity contribution is -0.870. The summed E-state index contributed by atoms with van der Waals surface area (Å²) in [6.07, 6.45) is 30.2. The first-order valence-electron chi connectivity index (χ1n) is 18.2. The van der Waals surface area contributed by atoms with Gasteiger partial charge < -0.3 is 23.4 Å². The van der Waals surface area contributed by atoms with Crippen molar-refractivity contribution in [1.82, 2.24) is 0 Å². The third kappa shape index (κ3) is 34.7. The fourth-order valence-electron chi connectivity index (χ4n) is 5.35. The van der Waals surface area contributed by atoms with Crippen molar-refractivity contribution in [1.29, 1.82) is 0 Å². The minimum Gasteiger partial charge on any atom is -0.756 e. The number of phosphoric ester groups is 1. The molecule has 2 unspecified atom stereocenters. The van der Waals surface area contributed by atoms with E-state index in [0.29, 0.717) is 19.6 Å². The van der Waals surface area contributed by atoms with Crippen molar-refractivity contribution < 1.29 is 32.5 Å². The molecule has 0 aliphatic heterocycles. The van der Waals surface area contributed by atoms with E-state index >= 15 is 0 Å². The van der Waals surface area contributed by atoms with Crippen LogP contribution in [-0.2, 0) is 23.1 Å². The predicted octanol–water partition coefficient (Wildman–Crippen LogP) is 9.96. The van der Waals surface area contributed by atoms with Crippen molar-refractivity contribution in [2.75, 3.05) is 54.6 Å². The Morgan fingerprint density at radius 3 is 1.40 bits per heavy atom. The molecule has 0 aliphatic rings. The number of rotatable bonds is 35. The van der Waals surface area contributed by atoms with Crippen molar-refractivity contribution in [3.63, 3.8) is 0 Å². The highest BCUT2D eigenvalue weighted by atomic mass is 31.2. The minimum atomic E-state index is -4.38. The van der Waals surface area contributed by atoms with E-state index in [9.17, 15) is 9.46 Å². The van der Waals surface area contributed by atoms with Gasteiger partial charge in [-0.1, -0.05) is 135 Å². The third-order valence-electron chi connectivity index (χ3n) is 8.12. The molecule has 0 fully saturated rings. The van der Waals surface area contributed by atoms with E-state index < -0.39 is 14.1 Å². The third-order valence-corrected chi connectivity index (χ3v) is 9.11. The number of unbranched alkanes of at least 4 members (excludes halogenated alkanes) is 22. The van der Waals surface area contributed by atoms with Crippen molar-refractivity contribution in [3.8, 4) is 0 Å². The van der Waals surface area contributed by atoms with Crippen molar-refractivity contribution >= 4 is 7.82 Å². The van der Waals surface area contributed by atoms with Gasteiger partial charge in [-0.2, -0.15) is 0 Å². The first-order chi connectivity index (χ1) is 20.7. The van der Waals surface area contributed by atoms with E-state index in [-0.39, 0.29) is 6.61 Å². The maximum atomic E-state index is 12.2. The van der Waals surface area contributed by atoms with Crippen LogP contribution in [0.4, 0.5) is 0 Å². The second kappa shape index (κ2) is 30.6. The molecule has 260 valence electrons. The predicted molar refractivity (Wildman–Crippen MR) is 180 cm³/mol. The highest BCUT2D eigenvalue weighted by Gasteiger charge is 2.17. The van der Waals surface area contributed by atoms with Crippen LogP contribution in [0, 0.1) is 0 Å². The Labute approximate surface area is 268 Å². The first-order valence-corrected chi connectivity index (χ1v) is 19.7. The normalized spacial score (nSPS) is 14.3. The molecule has 0 heterocycles. The summed E-state index contributed by atoms with van der Waals surface area (Å²) in [6, 6.07) is 0. The Morgan fingerprint density at radius 1 is 0.581 bits per heavy atom. The van der Waals surface area contributed by atoms with Crippen molar-refractivity contribution in [3.05, 3.63) is 0 Å². The maximum Gasteiger partial charge on any atom is 0.270 e. The van der Waals surface area contributed by atoms with E-state index in [4.69, 9.17) is 18.5 Å². The van der Waals surface area contributed by atoms with E-state index in [0.717, 1.165) is 30.2 Å². The molecule has 7 nitrogen and oxygen atoms in total. The summed E-state index contributed by atoms with van der Waals surface area (Å²) < 4.78 is 34.2. The summed E-state index contributed by atoms with van der Waals surface area (Å²) in [5.74, 6) is 0. The zero-order valence-electron chi connectivity index (χ0n) is 29.4. The van der Waals surface area contributed by atoms with Gasteiger partial charge in [0, 0.05) is 20.1 Å². The number of hydrogen-bond acceptors (Lipinski definition) is 6. The number of methoxy groups -OCH3 is 1. The molecule has 0 aromatic heterocycles. The van der Waals surface area contributed by atoms with Gasteiger partial charge in [0.25, 0.3) is 7.82 Å². The fourth-order valence-corrected chi connectivity index (χ4v) is 6.24. The van der Waals surface area contributed by atoms with Gasteiger partial charge in [0.1, 0.15) is 0 Å². The van der Waals surface area contributed by atoms with Crippen LogP contribution in [0.15, 0.2) is 0 Å². The molecule has 43 heavy (non-hydrogen) atoms.